The molecule has 0 atom stereocenters. The van der Waals surface area contributed by atoms with Gasteiger partial charge in [-0.05, 0) is 60.3 Å². The number of hydrogen-bond acceptors (Lipinski definition) is 2. The van der Waals surface area contributed by atoms with E-state index in [9.17, 15) is 0 Å². The number of hydrogen-bond donors (Lipinski definition) is 0. The highest BCUT2D eigenvalue weighted by Gasteiger charge is 2.38. The van der Waals surface area contributed by atoms with Gasteiger partial charge in [-0.1, -0.05) is 13.8 Å². The first kappa shape index (κ1) is 16.9. The van der Waals surface area contributed by atoms with Gasteiger partial charge in [0.15, 0.2) is 0 Å². The molecule has 0 aromatic heterocycles. The maximum absolute atomic E-state index is 6.03. The van der Waals surface area contributed by atoms with E-state index in [0.29, 0.717) is 0 Å². The summed E-state index contributed by atoms with van der Waals surface area (Å²) in [5.74, 6) is 0. The molecule has 0 bridgehead atoms. The van der Waals surface area contributed by atoms with Crippen molar-refractivity contribution in [3.05, 3.63) is 0 Å². The molecule has 17 heavy (non-hydrogen) atoms. The van der Waals surface area contributed by atoms with E-state index < -0.39 is 0 Å². The second kappa shape index (κ2) is 5.71. The van der Waals surface area contributed by atoms with Gasteiger partial charge >= 0.3 is 0 Å². The van der Waals surface area contributed by atoms with Gasteiger partial charge in [0.25, 0.3) is 0 Å². The summed E-state index contributed by atoms with van der Waals surface area (Å²) < 4.78 is 11.8. The molecule has 0 saturated heterocycles. The maximum atomic E-state index is 6.03. The average molecular weight is 244 g/mol. The molecule has 0 spiro atoms. The molecule has 2 nitrogen and oxygen atoms in total. The van der Waals surface area contributed by atoms with Crippen molar-refractivity contribution in [3.8, 4) is 0 Å². The fourth-order valence-electron chi connectivity index (χ4n) is 1.66. The highest BCUT2D eigenvalue weighted by atomic mass is 16.5. The quantitative estimate of drug-likeness (QED) is 0.688. The molecule has 0 aromatic rings. The zero-order valence-corrected chi connectivity index (χ0v) is 13.3. The minimum Gasteiger partial charge on any atom is -0.376 e. The molecule has 0 saturated carbocycles. The lowest BCUT2D eigenvalue weighted by Gasteiger charge is -2.43. The molecule has 0 heterocycles. The first-order valence-electron chi connectivity index (χ1n) is 6.69. The molecule has 0 rings (SSSR count). The summed E-state index contributed by atoms with van der Waals surface area (Å²) in [5, 5.41) is 0. The molecule has 0 amide bonds. The van der Waals surface area contributed by atoms with Gasteiger partial charge in [0.2, 0.25) is 0 Å². The van der Waals surface area contributed by atoms with Crippen molar-refractivity contribution in [2.24, 2.45) is 5.41 Å². The fraction of sp³-hybridized carbons (Fsp3) is 1.00. The van der Waals surface area contributed by atoms with Crippen molar-refractivity contribution in [3.63, 3.8) is 0 Å². The summed E-state index contributed by atoms with van der Waals surface area (Å²) in [6.07, 6.45) is 1.26. The molecule has 2 heteroatoms. The Kier molecular flexibility index (Phi) is 5.68. The van der Waals surface area contributed by atoms with Gasteiger partial charge in [-0.25, -0.2) is 0 Å². The summed E-state index contributed by atoms with van der Waals surface area (Å²) in [7, 11) is 0. The van der Waals surface area contributed by atoms with Crippen molar-refractivity contribution in [2.45, 2.75) is 86.0 Å². The van der Waals surface area contributed by atoms with Crippen LogP contribution in [0, 0.1) is 5.41 Å². The first-order chi connectivity index (χ1) is 7.37. The van der Waals surface area contributed by atoms with Crippen molar-refractivity contribution >= 4 is 0 Å². The van der Waals surface area contributed by atoms with Gasteiger partial charge in [-0.2, -0.15) is 0 Å². The number of rotatable bonds is 6. The molecule has 0 aromatic carbocycles. The van der Waals surface area contributed by atoms with Crippen LogP contribution in [0.15, 0.2) is 0 Å². The minimum absolute atomic E-state index is 0.0564. The van der Waals surface area contributed by atoms with Crippen molar-refractivity contribution in [2.75, 3.05) is 6.61 Å². The third-order valence-electron chi connectivity index (χ3n) is 3.42. The minimum atomic E-state index is -0.136. The topological polar surface area (TPSA) is 18.5 Å². The molecule has 0 fully saturated rings. The average Bonchev–Trinajstić information content (AvgIpc) is 1.97. The summed E-state index contributed by atoms with van der Waals surface area (Å²) >= 11 is 0. The van der Waals surface area contributed by atoms with Crippen LogP contribution < -0.4 is 0 Å². The van der Waals surface area contributed by atoms with E-state index in [2.05, 4.69) is 62.3 Å². The Labute approximate surface area is 108 Å². The summed E-state index contributed by atoms with van der Waals surface area (Å²) in [6.45, 7) is 20.1. The van der Waals surface area contributed by atoms with Gasteiger partial charge < -0.3 is 9.47 Å². The Morgan fingerprint density at radius 1 is 0.882 bits per heavy atom. The fourth-order valence-corrected chi connectivity index (χ4v) is 1.66. The Morgan fingerprint density at radius 3 is 1.71 bits per heavy atom. The van der Waals surface area contributed by atoms with E-state index in [4.69, 9.17) is 9.47 Å². The molecule has 0 unspecified atom stereocenters. The molecular weight excluding hydrogens is 212 g/mol. The van der Waals surface area contributed by atoms with E-state index in [1.54, 1.807) is 0 Å². The standard InChI is InChI=1S/C15H32O2/c1-12(2)17-15(8,9)14(6,7)10-11-16-13(3,4)5/h12H,10-11H2,1-9H3. The zero-order chi connectivity index (χ0) is 13.9. The lowest BCUT2D eigenvalue weighted by molar-refractivity contribution is -0.137. The van der Waals surface area contributed by atoms with E-state index in [1.165, 1.54) is 0 Å². The Bertz CT molecular complexity index is 222. The van der Waals surface area contributed by atoms with E-state index in [1.807, 2.05) is 0 Å². The molecule has 0 radical (unpaired) electrons. The molecule has 0 aliphatic rings. The van der Waals surface area contributed by atoms with Gasteiger partial charge in [-0.15, -0.1) is 0 Å². The van der Waals surface area contributed by atoms with Crippen LogP contribution in [0.25, 0.3) is 0 Å². The first-order valence-corrected chi connectivity index (χ1v) is 6.69. The van der Waals surface area contributed by atoms with E-state index in [-0.39, 0.29) is 22.7 Å². The van der Waals surface area contributed by atoms with Crippen LogP contribution in [-0.4, -0.2) is 23.9 Å². The molecule has 104 valence electrons. The third kappa shape index (κ3) is 6.42. The molecular formula is C15H32O2. The summed E-state index contributed by atoms with van der Waals surface area (Å²) in [4.78, 5) is 0. The van der Waals surface area contributed by atoms with Crippen molar-refractivity contribution < 1.29 is 9.47 Å². The Hall–Kier alpha value is -0.0800. The highest BCUT2D eigenvalue weighted by Crippen LogP contribution is 2.38. The van der Waals surface area contributed by atoms with Crippen LogP contribution in [0.2, 0.25) is 0 Å². The van der Waals surface area contributed by atoms with Crippen LogP contribution in [0.3, 0.4) is 0 Å². The monoisotopic (exact) mass is 244 g/mol. The summed E-state index contributed by atoms with van der Waals surface area (Å²) in [5.41, 5.74) is -0.0932. The smallest absolute Gasteiger partial charge is 0.0681 e. The summed E-state index contributed by atoms with van der Waals surface area (Å²) in [6, 6.07) is 0. The predicted octanol–water partition coefficient (Wildman–Crippen LogP) is 4.42. The van der Waals surface area contributed by atoms with E-state index >= 15 is 0 Å². The van der Waals surface area contributed by atoms with Crippen LogP contribution >= 0.6 is 0 Å². The lowest BCUT2D eigenvalue weighted by atomic mass is 9.74. The molecule has 0 aliphatic heterocycles. The highest BCUT2D eigenvalue weighted by molar-refractivity contribution is 4.88. The van der Waals surface area contributed by atoms with Crippen LogP contribution in [0.1, 0.15) is 68.7 Å². The van der Waals surface area contributed by atoms with Crippen molar-refractivity contribution in [1.29, 1.82) is 0 Å². The zero-order valence-electron chi connectivity index (χ0n) is 13.3. The van der Waals surface area contributed by atoms with E-state index in [0.717, 1.165) is 13.0 Å². The molecule has 0 N–H and O–H groups in total. The van der Waals surface area contributed by atoms with Crippen LogP contribution in [-0.2, 0) is 9.47 Å². The van der Waals surface area contributed by atoms with Gasteiger partial charge in [0, 0.05) is 6.61 Å². The predicted molar refractivity (Wildman–Crippen MR) is 74.4 cm³/mol. The third-order valence-corrected chi connectivity index (χ3v) is 3.42. The largest absolute Gasteiger partial charge is 0.376 e. The van der Waals surface area contributed by atoms with Gasteiger partial charge in [0.1, 0.15) is 0 Å². The Morgan fingerprint density at radius 2 is 1.35 bits per heavy atom. The second-order valence-corrected chi connectivity index (χ2v) is 7.27. The van der Waals surface area contributed by atoms with Gasteiger partial charge in [0.05, 0.1) is 17.3 Å². The van der Waals surface area contributed by atoms with Gasteiger partial charge in [-0.3, -0.25) is 0 Å². The lowest BCUT2D eigenvalue weighted by Crippen LogP contribution is -2.44. The van der Waals surface area contributed by atoms with Crippen LogP contribution in [0.5, 0.6) is 0 Å². The Balaban J connectivity index is 4.36. The molecule has 0 aliphatic carbocycles. The SMILES string of the molecule is CC(C)OC(C)(C)C(C)(C)CCOC(C)(C)C. The van der Waals surface area contributed by atoms with Crippen LogP contribution in [0.4, 0.5) is 0 Å². The normalized spacial score (nSPS) is 14.5. The van der Waals surface area contributed by atoms with Crippen molar-refractivity contribution in [1.82, 2.24) is 0 Å². The maximum Gasteiger partial charge on any atom is 0.0681 e. The second-order valence-electron chi connectivity index (χ2n) is 7.27. The number of ether oxygens (including phenoxy) is 2.